The Balaban J connectivity index is 4.30. The van der Waals surface area contributed by atoms with Gasteiger partial charge in [0.2, 0.25) is 0 Å². The van der Waals surface area contributed by atoms with E-state index in [4.69, 9.17) is 17.0 Å². The van der Waals surface area contributed by atoms with Crippen LogP contribution in [0.5, 0.6) is 0 Å². The molecule has 2 nitrogen and oxygen atoms in total. The number of thiocarbonyl (C=S) groups is 1. The van der Waals surface area contributed by atoms with Crippen molar-refractivity contribution in [2.75, 3.05) is 6.61 Å². The molecule has 0 bridgehead atoms. The van der Waals surface area contributed by atoms with E-state index >= 15 is 0 Å². The molecule has 0 heterocycles. The molecule has 0 aromatic carbocycles. The Bertz CT molecular complexity index is 175. The first-order valence-corrected chi connectivity index (χ1v) is 4.58. The Kier molecular flexibility index (Phi) is 5.06. The fraction of sp³-hybridized carbons (Fsp3) is 0.778. The molecule has 0 saturated heterocycles. The average Bonchev–Trinajstić information content (AvgIpc) is 1.85. The van der Waals surface area contributed by atoms with E-state index in [-0.39, 0.29) is 17.6 Å². The van der Waals surface area contributed by atoms with Crippen LogP contribution < -0.4 is 0 Å². The van der Waals surface area contributed by atoms with Gasteiger partial charge in [-0.1, -0.05) is 13.8 Å². The van der Waals surface area contributed by atoms with E-state index in [1.165, 1.54) is 0 Å². The second-order valence-corrected chi connectivity index (χ2v) is 3.49. The van der Waals surface area contributed by atoms with Crippen LogP contribution in [-0.2, 0) is 9.53 Å². The van der Waals surface area contributed by atoms with E-state index in [0.29, 0.717) is 11.7 Å². The number of ether oxygens (including phenoxy) is 1. The third-order valence-electron chi connectivity index (χ3n) is 1.65. The minimum Gasteiger partial charge on any atom is -0.487 e. The van der Waals surface area contributed by atoms with Crippen LogP contribution in [-0.4, -0.2) is 17.4 Å². The summed E-state index contributed by atoms with van der Waals surface area (Å²) < 4.78 is 5.14. The highest BCUT2D eigenvalue weighted by molar-refractivity contribution is 7.80. The SMILES string of the molecule is CCOC(=S)C(C(C)=O)C(C)C. The lowest BCUT2D eigenvalue weighted by Crippen LogP contribution is -2.27. The number of ketones is 1. The molecular formula is C9H16O2S. The van der Waals surface area contributed by atoms with Gasteiger partial charge in [-0.05, 0) is 32.0 Å². The van der Waals surface area contributed by atoms with Crippen LogP contribution in [0.3, 0.4) is 0 Å². The monoisotopic (exact) mass is 188 g/mol. The van der Waals surface area contributed by atoms with E-state index in [2.05, 4.69) is 0 Å². The summed E-state index contributed by atoms with van der Waals surface area (Å²) in [6, 6.07) is 0. The van der Waals surface area contributed by atoms with E-state index in [9.17, 15) is 4.79 Å². The van der Waals surface area contributed by atoms with Gasteiger partial charge in [0.25, 0.3) is 0 Å². The topological polar surface area (TPSA) is 26.3 Å². The maximum absolute atomic E-state index is 11.1. The quantitative estimate of drug-likeness (QED) is 0.633. The lowest BCUT2D eigenvalue weighted by molar-refractivity contribution is -0.120. The minimum atomic E-state index is -0.222. The summed E-state index contributed by atoms with van der Waals surface area (Å²) in [6.07, 6.45) is 0. The van der Waals surface area contributed by atoms with Gasteiger partial charge >= 0.3 is 0 Å². The van der Waals surface area contributed by atoms with Crippen LogP contribution in [0.4, 0.5) is 0 Å². The highest BCUT2D eigenvalue weighted by atomic mass is 32.1. The van der Waals surface area contributed by atoms with Crippen LogP contribution in [0.25, 0.3) is 0 Å². The van der Waals surface area contributed by atoms with E-state index in [1.807, 2.05) is 20.8 Å². The zero-order valence-electron chi connectivity index (χ0n) is 8.09. The normalized spacial score (nSPS) is 12.8. The first kappa shape index (κ1) is 11.6. The average molecular weight is 188 g/mol. The maximum Gasteiger partial charge on any atom is 0.170 e. The van der Waals surface area contributed by atoms with Crippen molar-refractivity contribution < 1.29 is 9.53 Å². The summed E-state index contributed by atoms with van der Waals surface area (Å²) in [6.45, 7) is 7.89. The van der Waals surface area contributed by atoms with E-state index < -0.39 is 0 Å². The van der Waals surface area contributed by atoms with Crippen molar-refractivity contribution >= 4 is 23.1 Å². The Morgan fingerprint density at radius 2 is 2.00 bits per heavy atom. The Labute approximate surface area is 79.3 Å². The van der Waals surface area contributed by atoms with Crippen LogP contribution in [0.1, 0.15) is 27.7 Å². The van der Waals surface area contributed by atoms with Crippen molar-refractivity contribution in [3.63, 3.8) is 0 Å². The predicted octanol–water partition coefficient (Wildman–Crippen LogP) is 2.21. The van der Waals surface area contributed by atoms with Crippen molar-refractivity contribution in [1.82, 2.24) is 0 Å². The first-order chi connectivity index (χ1) is 5.50. The lowest BCUT2D eigenvalue weighted by atomic mass is 9.93. The van der Waals surface area contributed by atoms with Crippen molar-refractivity contribution in [3.8, 4) is 0 Å². The molecule has 0 N–H and O–H groups in total. The van der Waals surface area contributed by atoms with E-state index in [1.54, 1.807) is 6.92 Å². The third kappa shape index (κ3) is 3.30. The molecule has 0 aromatic heterocycles. The summed E-state index contributed by atoms with van der Waals surface area (Å²) in [4.78, 5) is 11.1. The zero-order valence-corrected chi connectivity index (χ0v) is 8.90. The molecule has 0 spiro atoms. The Morgan fingerprint density at radius 3 is 2.25 bits per heavy atom. The molecule has 0 aromatic rings. The molecule has 0 radical (unpaired) electrons. The van der Waals surface area contributed by atoms with Gasteiger partial charge in [-0.15, -0.1) is 0 Å². The van der Waals surface area contributed by atoms with Crippen LogP contribution in [0.15, 0.2) is 0 Å². The van der Waals surface area contributed by atoms with Gasteiger partial charge in [0, 0.05) is 0 Å². The Morgan fingerprint density at radius 1 is 1.50 bits per heavy atom. The largest absolute Gasteiger partial charge is 0.487 e. The van der Waals surface area contributed by atoms with Crippen LogP contribution in [0.2, 0.25) is 0 Å². The summed E-state index contributed by atoms with van der Waals surface area (Å²) in [5.41, 5.74) is 0. The molecule has 0 rings (SSSR count). The molecular weight excluding hydrogens is 172 g/mol. The molecule has 0 aliphatic heterocycles. The van der Waals surface area contributed by atoms with Crippen LogP contribution >= 0.6 is 12.2 Å². The fourth-order valence-corrected chi connectivity index (χ4v) is 1.70. The number of hydrogen-bond donors (Lipinski definition) is 0. The van der Waals surface area contributed by atoms with Gasteiger partial charge in [0.1, 0.15) is 5.78 Å². The van der Waals surface area contributed by atoms with Crippen molar-refractivity contribution in [1.29, 1.82) is 0 Å². The second kappa shape index (κ2) is 5.25. The molecule has 0 aliphatic carbocycles. The second-order valence-electron chi connectivity index (χ2n) is 3.08. The number of rotatable bonds is 4. The van der Waals surface area contributed by atoms with Crippen molar-refractivity contribution in [2.24, 2.45) is 11.8 Å². The van der Waals surface area contributed by atoms with Gasteiger partial charge in [-0.2, -0.15) is 0 Å². The molecule has 0 aliphatic rings. The van der Waals surface area contributed by atoms with Gasteiger partial charge in [-0.25, -0.2) is 0 Å². The summed E-state index contributed by atoms with van der Waals surface area (Å²) in [7, 11) is 0. The smallest absolute Gasteiger partial charge is 0.170 e. The molecule has 3 heteroatoms. The summed E-state index contributed by atoms with van der Waals surface area (Å²) in [5, 5.41) is 0.431. The maximum atomic E-state index is 11.1. The van der Waals surface area contributed by atoms with E-state index in [0.717, 1.165) is 0 Å². The predicted molar refractivity (Wildman–Crippen MR) is 53.2 cm³/mol. The molecule has 0 amide bonds. The number of carbonyl (C=O) groups is 1. The fourth-order valence-electron chi connectivity index (χ4n) is 1.14. The van der Waals surface area contributed by atoms with Gasteiger partial charge in [0.15, 0.2) is 5.05 Å². The summed E-state index contributed by atoms with van der Waals surface area (Å²) >= 11 is 4.98. The van der Waals surface area contributed by atoms with Gasteiger partial charge in [-0.3, -0.25) is 4.79 Å². The van der Waals surface area contributed by atoms with Gasteiger partial charge < -0.3 is 4.74 Å². The number of hydrogen-bond acceptors (Lipinski definition) is 3. The molecule has 12 heavy (non-hydrogen) atoms. The number of carbonyl (C=O) groups excluding carboxylic acids is 1. The summed E-state index contributed by atoms with van der Waals surface area (Å²) in [5.74, 6) is 0.0879. The zero-order chi connectivity index (χ0) is 9.72. The first-order valence-electron chi connectivity index (χ1n) is 4.17. The molecule has 0 fully saturated rings. The Hall–Kier alpha value is -0.440. The molecule has 1 atom stereocenters. The molecule has 1 unspecified atom stereocenters. The highest BCUT2D eigenvalue weighted by Gasteiger charge is 2.24. The van der Waals surface area contributed by atoms with Crippen molar-refractivity contribution in [2.45, 2.75) is 27.7 Å². The lowest BCUT2D eigenvalue weighted by Gasteiger charge is -2.18. The standard InChI is InChI=1S/C9H16O2S/c1-5-11-9(12)8(6(2)3)7(4)10/h6,8H,5H2,1-4H3. The highest BCUT2D eigenvalue weighted by Crippen LogP contribution is 2.15. The molecule has 70 valence electrons. The third-order valence-corrected chi connectivity index (χ3v) is 2.02. The van der Waals surface area contributed by atoms with Crippen LogP contribution in [0, 0.1) is 11.8 Å². The molecule has 0 saturated carbocycles. The number of Topliss-reactive ketones (excluding diaryl/α,β-unsaturated/α-hetero) is 1. The minimum absolute atomic E-state index is 0.0865. The van der Waals surface area contributed by atoms with Gasteiger partial charge in [0.05, 0.1) is 12.5 Å². The van der Waals surface area contributed by atoms with Crippen molar-refractivity contribution in [3.05, 3.63) is 0 Å².